The lowest BCUT2D eigenvalue weighted by atomic mass is 9.86. The topological polar surface area (TPSA) is 67.4 Å². The molecule has 0 aromatic heterocycles. The van der Waals surface area contributed by atoms with Crippen LogP contribution in [0.2, 0.25) is 0 Å². The fourth-order valence-corrected chi connectivity index (χ4v) is 4.94. The molecule has 1 aliphatic heterocycles. The molecule has 0 amide bonds. The summed E-state index contributed by atoms with van der Waals surface area (Å²) in [6.45, 7) is 2.77. The molecule has 2 unspecified atom stereocenters. The Kier molecular flexibility index (Phi) is 5.78. The standard InChI is InChI=1S/C19H22F2N2O3S/c1-12-9-14(26-2)4-6-19(12)27(24,25)23-18-11-22-8-7-15(18)13-3-5-16(20)17(21)10-13/h3-6,9-10,15,18,22-23H,7-8,11H2,1-2H3. The van der Waals surface area contributed by atoms with Crippen molar-refractivity contribution in [2.75, 3.05) is 20.2 Å². The van der Waals surface area contributed by atoms with Crippen LogP contribution in [0.4, 0.5) is 8.78 Å². The minimum atomic E-state index is -3.79. The number of benzene rings is 2. The second-order valence-electron chi connectivity index (χ2n) is 6.63. The SMILES string of the molecule is COc1ccc(S(=O)(=O)NC2CNCCC2c2ccc(F)c(F)c2)c(C)c1. The third-order valence-corrected chi connectivity index (χ3v) is 6.48. The van der Waals surface area contributed by atoms with Gasteiger partial charge in [0.15, 0.2) is 11.6 Å². The van der Waals surface area contributed by atoms with Crippen LogP contribution in [0.5, 0.6) is 5.75 Å². The minimum Gasteiger partial charge on any atom is -0.497 e. The van der Waals surface area contributed by atoms with Gasteiger partial charge >= 0.3 is 0 Å². The number of sulfonamides is 1. The van der Waals surface area contributed by atoms with E-state index in [0.717, 1.165) is 12.1 Å². The van der Waals surface area contributed by atoms with E-state index < -0.39 is 27.7 Å². The van der Waals surface area contributed by atoms with Crippen LogP contribution >= 0.6 is 0 Å². The largest absolute Gasteiger partial charge is 0.497 e. The number of ether oxygens (including phenoxy) is 1. The Labute approximate surface area is 157 Å². The molecule has 3 rings (SSSR count). The number of hydrogen-bond acceptors (Lipinski definition) is 4. The molecular formula is C19H22F2N2O3S. The summed E-state index contributed by atoms with van der Waals surface area (Å²) in [7, 11) is -2.27. The summed E-state index contributed by atoms with van der Waals surface area (Å²) in [5.74, 6) is -1.53. The van der Waals surface area contributed by atoms with Gasteiger partial charge < -0.3 is 10.1 Å². The van der Waals surface area contributed by atoms with E-state index in [1.807, 2.05) is 0 Å². The molecule has 0 aliphatic carbocycles. The van der Waals surface area contributed by atoms with Crippen molar-refractivity contribution in [3.8, 4) is 5.75 Å². The third kappa shape index (κ3) is 4.28. The van der Waals surface area contributed by atoms with Gasteiger partial charge in [0.1, 0.15) is 5.75 Å². The van der Waals surface area contributed by atoms with Crippen molar-refractivity contribution in [3.05, 3.63) is 59.2 Å². The first-order valence-electron chi connectivity index (χ1n) is 8.64. The zero-order valence-corrected chi connectivity index (χ0v) is 15.9. The van der Waals surface area contributed by atoms with Gasteiger partial charge in [-0.25, -0.2) is 21.9 Å². The summed E-state index contributed by atoms with van der Waals surface area (Å²) >= 11 is 0. The van der Waals surface area contributed by atoms with Crippen molar-refractivity contribution >= 4 is 10.0 Å². The van der Waals surface area contributed by atoms with Crippen LogP contribution in [-0.4, -0.2) is 34.7 Å². The summed E-state index contributed by atoms with van der Waals surface area (Å²) in [6, 6.07) is 7.99. The molecule has 0 saturated carbocycles. The number of methoxy groups -OCH3 is 1. The second kappa shape index (κ2) is 7.92. The maximum Gasteiger partial charge on any atom is 0.241 e. The van der Waals surface area contributed by atoms with Gasteiger partial charge in [0.25, 0.3) is 0 Å². The van der Waals surface area contributed by atoms with Crippen LogP contribution in [0, 0.1) is 18.6 Å². The normalized spacial score (nSPS) is 20.4. The predicted octanol–water partition coefficient (Wildman–Crippen LogP) is 2.71. The Balaban J connectivity index is 1.88. The molecule has 2 atom stereocenters. The molecule has 1 saturated heterocycles. The van der Waals surface area contributed by atoms with Gasteiger partial charge in [-0.1, -0.05) is 6.07 Å². The molecule has 0 bridgehead atoms. The summed E-state index contributed by atoms with van der Waals surface area (Å²) in [5, 5.41) is 3.15. The van der Waals surface area contributed by atoms with E-state index in [1.54, 1.807) is 19.1 Å². The molecule has 1 fully saturated rings. The quantitative estimate of drug-likeness (QED) is 0.816. The summed E-state index contributed by atoms with van der Waals surface area (Å²) in [4.78, 5) is 0.165. The Morgan fingerprint density at radius 2 is 1.93 bits per heavy atom. The Hall–Kier alpha value is -2.03. The highest BCUT2D eigenvalue weighted by atomic mass is 32.2. The summed E-state index contributed by atoms with van der Waals surface area (Å²) < 4.78 is 60.6. The number of aryl methyl sites for hydroxylation is 1. The van der Waals surface area contributed by atoms with Crippen molar-refractivity contribution in [2.24, 2.45) is 0 Å². The fraction of sp³-hybridized carbons (Fsp3) is 0.368. The minimum absolute atomic E-state index is 0.165. The van der Waals surface area contributed by atoms with Crippen molar-refractivity contribution in [3.63, 3.8) is 0 Å². The number of piperidine rings is 1. The highest BCUT2D eigenvalue weighted by Gasteiger charge is 2.31. The summed E-state index contributed by atoms with van der Waals surface area (Å²) in [6.07, 6.45) is 0.611. The Morgan fingerprint density at radius 3 is 2.59 bits per heavy atom. The molecule has 8 heteroatoms. The van der Waals surface area contributed by atoms with Crippen LogP contribution in [0.15, 0.2) is 41.3 Å². The van der Waals surface area contributed by atoms with Gasteiger partial charge in [-0.05, 0) is 61.3 Å². The number of halogens is 2. The molecular weight excluding hydrogens is 374 g/mol. The molecule has 2 aromatic carbocycles. The molecule has 0 spiro atoms. The van der Waals surface area contributed by atoms with Crippen molar-refractivity contribution in [1.29, 1.82) is 0 Å². The Morgan fingerprint density at radius 1 is 1.15 bits per heavy atom. The highest BCUT2D eigenvalue weighted by molar-refractivity contribution is 7.89. The van der Waals surface area contributed by atoms with Gasteiger partial charge in [0.05, 0.1) is 12.0 Å². The Bertz CT molecular complexity index is 935. The number of nitrogens with one attached hydrogen (secondary N) is 2. The van der Waals surface area contributed by atoms with Crippen molar-refractivity contribution in [2.45, 2.75) is 30.2 Å². The maximum atomic E-state index is 13.6. The highest BCUT2D eigenvalue weighted by Crippen LogP contribution is 2.29. The zero-order valence-electron chi connectivity index (χ0n) is 15.1. The molecule has 1 heterocycles. The molecule has 146 valence electrons. The first kappa shape index (κ1) is 19.7. The molecule has 2 N–H and O–H groups in total. The lowest BCUT2D eigenvalue weighted by Crippen LogP contribution is -2.50. The van der Waals surface area contributed by atoms with Crippen LogP contribution in [-0.2, 0) is 10.0 Å². The molecule has 0 radical (unpaired) electrons. The maximum absolute atomic E-state index is 13.6. The fourth-order valence-electron chi connectivity index (χ4n) is 3.44. The lowest BCUT2D eigenvalue weighted by molar-refractivity contribution is 0.376. The van der Waals surface area contributed by atoms with Gasteiger partial charge in [0, 0.05) is 18.5 Å². The van der Waals surface area contributed by atoms with E-state index in [-0.39, 0.29) is 10.8 Å². The van der Waals surface area contributed by atoms with E-state index >= 15 is 0 Å². The van der Waals surface area contributed by atoms with Gasteiger partial charge in [0.2, 0.25) is 10.0 Å². The average Bonchev–Trinajstić information content (AvgIpc) is 2.64. The van der Waals surface area contributed by atoms with Gasteiger partial charge in [-0.2, -0.15) is 0 Å². The lowest BCUT2D eigenvalue weighted by Gasteiger charge is -2.33. The van der Waals surface area contributed by atoms with E-state index in [1.165, 1.54) is 19.2 Å². The number of hydrogen-bond donors (Lipinski definition) is 2. The van der Waals surface area contributed by atoms with E-state index in [2.05, 4.69) is 10.0 Å². The molecule has 27 heavy (non-hydrogen) atoms. The van der Waals surface area contributed by atoms with E-state index in [9.17, 15) is 17.2 Å². The molecule has 5 nitrogen and oxygen atoms in total. The smallest absolute Gasteiger partial charge is 0.241 e. The van der Waals surface area contributed by atoms with Gasteiger partial charge in [-0.3, -0.25) is 0 Å². The predicted molar refractivity (Wildman–Crippen MR) is 98.4 cm³/mol. The molecule has 2 aromatic rings. The van der Waals surface area contributed by atoms with E-state index in [4.69, 9.17) is 4.74 Å². The third-order valence-electron chi connectivity index (χ3n) is 4.83. The molecule has 1 aliphatic rings. The zero-order chi connectivity index (χ0) is 19.6. The van der Waals surface area contributed by atoms with Crippen LogP contribution in [0.25, 0.3) is 0 Å². The van der Waals surface area contributed by atoms with Gasteiger partial charge in [-0.15, -0.1) is 0 Å². The second-order valence-corrected chi connectivity index (χ2v) is 8.31. The first-order valence-corrected chi connectivity index (χ1v) is 10.1. The average molecular weight is 396 g/mol. The van der Waals surface area contributed by atoms with E-state index in [0.29, 0.717) is 36.4 Å². The number of rotatable bonds is 5. The first-order chi connectivity index (χ1) is 12.8. The van der Waals surface area contributed by atoms with Crippen LogP contribution in [0.1, 0.15) is 23.5 Å². The summed E-state index contributed by atoms with van der Waals surface area (Å²) in [5.41, 5.74) is 1.14. The van der Waals surface area contributed by atoms with Crippen LogP contribution in [0.3, 0.4) is 0 Å². The van der Waals surface area contributed by atoms with Crippen molar-refractivity contribution in [1.82, 2.24) is 10.0 Å². The van der Waals surface area contributed by atoms with Crippen LogP contribution < -0.4 is 14.8 Å². The monoisotopic (exact) mass is 396 g/mol. The van der Waals surface area contributed by atoms with Crippen molar-refractivity contribution < 1.29 is 21.9 Å².